The molecule has 0 spiro atoms. The molecular formula is C14H12Cl2O3. The molecule has 2 rings (SSSR count). The summed E-state index contributed by atoms with van der Waals surface area (Å²) in [6, 6.07) is 4.68. The van der Waals surface area contributed by atoms with E-state index in [9.17, 15) is 4.79 Å². The highest BCUT2D eigenvalue weighted by atomic mass is 35.5. The van der Waals surface area contributed by atoms with Crippen LogP contribution in [0.2, 0.25) is 10.0 Å². The van der Waals surface area contributed by atoms with Crippen molar-refractivity contribution in [2.24, 2.45) is 0 Å². The molecule has 0 saturated carbocycles. The smallest absolute Gasteiger partial charge is 0.198 e. The van der Waals surface area contributed by atoms with Crippen molar-refractivity contribution < 1.29 is 13.9 Å². The molecular weight excluding hydrogens is 287 g/mol. The summed E-state index contributed by atoms with van der Waals surface area (Å²) in [5.41, 5.74) is 0.842. The Balaban J connectivity index is 2.48. The van der Waals surface area contributed by atoms with Crippen molar-refractivity contribution in [2.45, 2.75) is 13.3 Å². The molecule has 3 nitrogen and oxygen atoms in total. The van der Waals surface area contributed by atoms with Crippen LogP contribution in [0.4, 0.5) is 0 Å². The van der Waals surface area contributed by atoms with Crippen molar-refractivity contribution in [1.82, 2.24) is 0 Å². The third-order valence-electron chi connectivity index (χ3n) is 2.80. The molecule has 100 valence electrons. The van der Waals surface area contributed by atoms with Gasteiger partial charge in [-0.2, -0.15) is 0 Å². The first-order valence-corrected chi connectivity index (χ1v) is 6.48. The van der Waals surface area contributed by atoms with Crippen LogP contribution in [0.15, 0.2) is 28.9 Å². The van der Waals surface area contributed by atoms with E-state index < -0.39 is 0 Å². The van der Waals surface area contributed by atoms with Crippen LogP contribution >= 0.6 is 23.2 Å². The zero-order valence-electron chi connectivity index (χ0n) is 10.5. The van der Waals surface area contributed by atoms with Crippen molar-refractivity contribution in [3.63, 3.8) is 0 Å². The molecule has 0 aliphatic carbocycles. The number of ether oxygens (including phenoxy) is 1. The van der Waals surface area contributed by atoms with Crippen molar-refractivity contribution in [2.75, 3.05) is 7.11 Å². The van der Waals surface area contributed by atoms with Gasteiger partial charge in [-0.05, 0) is 12.1 Å². The standard InChI is InChI=1S/C14H12Cl2O3/c1-3-12-8(4-5-19-12)14(17)9-6-11(16)13(18-2)7-10(9)15/h4-7H,3H2,1-2H3. The molecule has 0 aliphatic rings. The van der Waals surface area contributed by atoms with Crippen molar-refractivity contribution in [3.8, 4) is 5.75 Å². The quantitative estimate of drug-likeness (QED) is 0.786. The molecule has 0 bridgehead atoms. The summed E-state index contributed by atoms with van der Waals surface area (Å²) in [7, 11) is 1.49. The summed E-state index contributed by atoms with van der Waals surface area (Å²) in [5.74, 6) is 0.860. The molecule has 0 aliphatic heterocycles. The number of methoxy groups -OCH3 is 1. The van der Waals surface area contributed by atoms with Crippen LogP contribution in [-0.2, 0) is 6.42 Å². The highest BCUT2D eigenvalue weighted by Gasteiger charge is 2.20. The lowest BCUT2D eigenvalue weighted by Crippen LogP contribution is -2.04. The van der Waals surface area contributed by atoms with Crippen molar-refractivity contribution in [1.29, 1.82) is 0 Å². The molecule has 0 radical (unpaired) electrons. The summed E-state index contributed by atoms with van der Waals surface area (Å²) in [6.45, 7) is 1.91. The molecule has 1 heterocycles. The Kier molecular flexibility index (Phi) is 4.17. The van der Waals surface area contributed by atoms with Crippen molar-refractivity contribution >= 4 is 29.0 Å². The number of hydrogen-bond donors (Lipinski definition) is 0. The Morgan fingerprint density at radius 1 is 1.26 bits per heavy atom. The zero-order valence-corrected chi connectivity index (χ0v) is 12.0. The second-order valence-corrected chi connectivity index (χ2v) is 4.72. The minimum absolute atomic E-state index is 0.208. The highest BCUT2D eigenvalue weighted by molar-refractivity contribution is 6.37. The molecule has 1 aromatic heterocycles. The number of benzene rings is 1. The normalized spacial score (nSPS) is 10.5. The second kappa shape index (κ2) is 5.68. The summed E-state index contributed by atoms with van der Waals surface area (Å²) in [4.78, 5) is 12.4. The molecule has 5 heteroatoms. The number of rotatable bonds is 4. The van der Waals surface area contributed by atoms with Gasteiger partial charge in [-0.3, -0.25) is 4.79 Å². The lowest BCUT2D eigenvalue weighted by atomic mass is 10.0. The first kappa shape index (κ1) is 14.0. The van der Waals surface area contributed by atoms with Gasteiger partial charge in [0, 0.05) is 18.1 Å². The summed E-state index contributed by atoms with van der Waals surface area (Å²) < 4.78 is 10.3. The average molecular weight is 299 g/mol. The van der Waals surface area contributed by atoms with Gasteiger partial charge in [0.1, 0.15) is 11.5 Å². The molecule has 0 unspecified atom stereocenters. The molecule has 1 aromatic carbocycles. The minimum atomic E-state index is -0.208. The monoisotopic (exact) mass is 298 g/mol. The third-order valence-corrected chi connectivity index (χ3v) is 3.41. The van der Waals surface area contributed by atoms with Crippen LogP contribution in [0.1, 0.15) is 28.6 Å². The molecule has 0 N–H and O–H groups in total. The number of furan rings is 1. The maximum Gasteiger partial charge on any atom is 0.198 e. The van der Waals surface area contributed by atoms with E-state index in [1.807, 2.05) is 6.92 Å². The van der Waals surface area contributed by atoms with Crippen molar-refractivity contribution in [3.05, 3.63) is 51.4 Å². The zero-order chi connectivity index (χ0) is 14.0. The van der Waals surface area contributed by atoms with Crippen LogP contribution in [0.3, 0.4) is 0 Å². The first-order valence-electron chi connectivity index (χ1n) is 5.72. The minimum Gasteiger partial charge on any atom is -0.495 e. The van der Waals surface area contributed by atoms with E-state index in [1.54, 1.807) is 6.07 Å². The molecule has 0 saturated heterocycles. The van der Waals surface area contributed by atoms with Gasteiger partial charge >= 0.3 is 0 Å². The van der Waals surface area contributed by atoms with Gasteiger partial charge in [-0.15, -0.1) is 0 Å². The number of ketones is 1. The van der Waals surface area contributed by atoms with Crippen LogP contribution in [-0.4, -0.2) is 12.9 Å². The predicted molar refractivity (Wildman–Crippen MR) is 74.5 cm³/mol. The third kappa shape index (κ3) is 2.62. The number of halogens is 2. The summed E-state index contributed by atoms with van der Waals surface area (Å²) in [6.07, 6.45) is 2.13. The van der Waals surface area contributed by atoms with E-state index in [1.165, 1.54) is 25.5 Å². The first-order chi connectivity index (χ1) is 9.08. The van der Waals surface area contributed by atoms with Gasteiger partial charge in [0.2, 0.25) is 0 Å². The van der Waals surface area contributed by atoms with Crippen LogP contribution in [0.5, 0.6) is 5.75 Å². The topological polar surface area (TPSA) is 39.4 Å². The van der Waals surface area contributed by atoms with Crippen LogP contribution in [0.25, 0.3) is 0 Å². The second-order valence-electron chi connectivity index (χ2n) is 3.91. The number of hydrogen-bond acceptors (Lipinski definition) is 3. The Labute approximate surface area is 121 Å². The van der Waals surface area contributed by atoms with Crippen LogP contribution < -0.4 is 4.74 Å². The summed E-state index contributed by atoms with van der Waals surface area (Å²) >= 11 is 12.1. The molecule has 2 aromatic rings. The molecule has 0 atom stereocenters. The highest BCUT2D eigenvalue weighted by Crippen LogP contribution is 2.32. The fourth-order valence-corrected chi connectivity index (χ4v) is 2.30. The van der Waals surface area contributed by atoms with Gasteiger partial charge in [-0.1, -0.05) is 30.1 Å². The van der Waals surface area contributed by atoms with E-state index in [0.29, 0.717) is 39.1 Å². The van der Waals surface area contributed by atoms with E-state index in [2.05, 4.69) is 0 Å². The van der Waals surface area contributed by atoms with Gasteiger partial charge in [0.25, 0.3) is 0 Å². The van der Waals surface area contributed by atoms with Gasteiger partial charge in [0.05, 0.1) is 29.0 Å². The maximum atomic E-state index is 12.4. The van der Waals surface area contributed by atoms with E-state index in [-0.39, 0.29) is 5.78 Å². The number of carbonyl (C=O) groups is 1. The van der Waals surface area contributed by atoms with E-state index in [4.69, 9.17) is 32.4 Å². The van der Waals surface area contributed by atoms with Crippen LogP contribution in [0, 0.1) is 0 Å². The fraction of sp³-hybridized carbons (Fsp3) is 0.214. The molecule has 0 fully saturated rings. The SMILES string of the molecule is CCc1occc1C(=O)c1cc(Cl)c(OC)cc1Cl. The number of carbonyl (C=O) groups excluding carboxylic acids is 1. The molecule has 0 amide bonds. The largest absolute Gasteiger partial charge is 0.495 e. The average Bonchev–Trinajstić information content (AvgIpc) is 2.88. The number of aryl methyl sites for hydroxylation is 1. The van der Waals surface area contributed by atoms with E-state index >= 15 is 0 Å². The lowest BCUT2D eigenvalue weighted by molar-refractivity contribution is 0.103. The van der Waals surface area contributed by atoms with Gasteiger partial charge in [0.15, 0.2) is 5.78 Å². The predicted octanol–water partition coefficient (Wildman–Crippen LogP) is 4.39. The van der Waals surface area contributed by atoms with Gasteiger partial charge in [-0.25, -0.2) is 0 Å². The Bertz CT molecular complexity index is 617. The van der Waals surface area contributed by atoms with E-state index in [0.717, 1.165) is 0 Å². The maximum absolute atomic E-state index is 12.4. The Hall–Kier alpha value is -1.45. The Morgan fingerprint density at radius 2 is 2.00 bits per heavy atom. The summed E-state index contributed by atoms with van der Waals surface area (Å²) in [5, 5.41) is 0.645. The lowest BCUT2D eigenvalue weighted by Gasteiger charge is -2.08. The van der Waals surface area contributed by atoms with Gasteiger partial charge < -0.3 is 9.15 Å². The fourth-order valence-electron chi connectivity index (χ4n) is 1.82. The Morgan fingerprint density at radius 3 is 2.63 bits per heavy atom. The molecule has 19 heavy (non-hydrogen) atoms.